The Kier molecular flexibility index (Phi) is 7.46. The van der Waals surface area contributed by atoms with Gasteiger partial charge in [0.2, 0.25) is 0 Å². The fourth-order valence-electron chi connectivity index (χ4n) is 1.84. The van der Waals surface area contributed by atoms with E-state index < -0.39 is 11.7 Å². The van der Waals surface area contributed by atoms with Crippen LogP contribution in [0, 0.1) is 0 Å². The van der Waals surface area contributed by atoms with Crippen LogP contribution in [0.2, 0.25) is 10.0 Å². The van der Waals surface area contributed by atoms with Crippen molar-refractivity contribution in [2.75, 3.05) is 6.54 Å². The number of amides is 1. The van der Waals surface area contributed by atoms with Crippen LogP contribution in [0.4, 0.5) is 4.79 Å². The zero-order valence-corrected chi connectivity index (χ0v) is 15.0. The molecule has 0 bridgehead atoms. The predicted octanol–water partition coefficient (Wildman–Crippen LogP) is 4.39. The Morgan fingerprint density at radius 3 is 2.59 bits per heavy atom. The minimum absolute atomic E-state index is 0.00666. The van der Waals surface area contributed by atoms with Gasteiger partial charge in [-0.05, 0) is 38.8 Å². The van der Waals surface area contributed by atoms with Crippen LogP contribution < -0.4 is 10.6 Å². The number of rotatable bonds is 6. The summed E-state index contributed by atoms with van der Waals surface area (Å²) in [6, 6.07) is 5.53. The Morgan fingerprint density at radius 2 is 2.00 bits per heavy atom. The summed E-state index contributed by atoms with van der Waals surface area (Å²) in [6.45, 7) is 8.74. The molecular formula is C16H24Cl2N2O2. The van der Waals surface area contributed by atoms with Gasteiger partial charge >= 0.3 is 6.09 Å². The minimum atomic E-state index is -0.496. The van der Waals surface area contributed by atoms with Crippen LogP contribution in [0.3, 0.4) is 0 Å². The van der Waals surface area contributed by atoms with Crippen molar-refractivity contribution in [3.63, 3.8) is 0 Å². The molecule has 1 atom stereocenters. The van der Waals surface area contributed by atoms with Gasteiger partial charge in [-0.25, -0.2) is 4.79 Å². The number of ether oxygens (including phenoxy) is 1. The predicted molar refractivity (Wildman–Crippen MR) is 91.6 cm³/mol. The summed E-state index contributed by atoms with van der Waals surface area (Å²) in [4.78, 5) is 11.8. The van der Waals surface area contributed by atoms with Crippen molar-refractivity contribution in [3.8, 4) is 0 Å². The normalized spacial score (nSPS) is 12.8. The first-order valence-corrected chi connectivity index (χ1v) is 8.11. The second-order valence-electron chi connectivity index (χ2n) is 6.10. The topological polar surface area (TPSA) is 50.4 Å². The number of carbonyl (C=O) groups is 1. The molecule has 0 fully saturated rings. The third-order valence-corrected chi connectivity index (χ3v) is 3.81. The highest BCUT2D eigenvalue weighted by molar-refractivity contribution is 6.42. The number of benzene rings is 1. The Hall–Kier alpha value is -0.970. The zero-order valence-electron chi connectivity index (χ0n) is 13.5. The van der Waals surface area contributed by atoms with E-state index in [-0.39, 0.29) is 6.04 Å². The third kappa shape index (κ3) is 6.86. The number of halogens is 2. The first-order chi connectivity index (χ1) is 10.2. The standard InChI is InChI=1S/C16H24Cl2N2O2/c1-5-12(20-15(21)22-16(2,3)4)10-19-9-11-7-6-8-13(17)14(11)18/h6-8,12,19H,5,9-10H2,1-4H3,(H,20,21). The van der Waals surface area contributed by atoms with Crippen molar-refractivity contribution in [3.05, 3.63) is 33.8 Å². The molecule has 124 valence electrons. The van der Waals surface area contributed by atoms with Crippen LogP contribution in [-0.2, 0) is 11.3 Å². The van der Waals surface area contributed by atoms with Crippen LogP contribution in [0.5, 0.6) is 0 Å². The van der Waals surface area contributed by atoms with Gasteiger partial charge in [-0.2, -0.15) is 0 Å². The molecule has 0 aromatic heterocycles. The molecule has 0 aliphatic carbocycles. The first-order valence-electron chi connectivity index (χ1n) is 7.36. The molecule has 1 aromatic carbocycles. The molecule has 6 heteroatoms. The van der Waals surface area contributed by atoms with E-state index in [2.05, 4.69) is 10.6 Å². The molecular weight excluding hydrogens is 323 g/mol. The van der Waals surface area contributed by atoms with E-state index in [0.717, 1.165) is 12.0 Å². The second-order valence-corrected chi connectivity index (χ2v) is 6.88. The smallest absolute Gasteiger partial charge is 0.407 e. The van der Waals surface area contributed by atoms with Gasteiger partial charge in [0, 0.05) is 19.1 Å². The van der Waals surface area contributed by atoms with Crippen molar-refractivity contribution >= 4 is 29.3 Å². The van der Waals surface area contributed by atoms with Crippen molar-refractivity contribution in [2.24, 2.45) is 0 Å². The van der Waals surface area contributed by atoms with E-state index in [9.17, 15) is 4.79 Å². The maximum absolute atomic E-state index is 11.8. The average molecular weight is 347 g/mol. The highest BCUT2D eigenvalue weighted by Gasteiger charge is 2.18. The lowest BCUT2D eigenvalue weighted by atomic mass is 10.2. The molecule has 1 amide bonds. The van der Waals surface area contributed by atoms with E-state index in [0.29, 0.717) is 23.1 Å². The largest absolute Gasteiger partial charge is 0.444 e. The lowest BCUT2D eigenvalue weighted by Crippen LogP contribution is -2.43. The van der Waals surface area contributed by atoms with Gasteiger partial charge < -0.3 is 15.4 Å². The maximum Gasteiger partial charge on any atom is 0.407 e. The molecule has 0 aliphatic rings. The summed E-state index contributed by atoms with van der Waals surface area (Å²) in [5.74, 6) is 0. The van der Waals surface area contributed by atoms with E-state index in [1.165, 1.54) is 0 Å². The molecule has 1 aromatic rings. The van der Waals surface area contributed by atoms with Crippen LogP contribution >= 0.6 is 23.2 Å². The summed E-state index contributed by atoms with van der Waals surface area (Å²) in [5.41, 5.74) is 0.436. The summed E-state index contributed by atoms with van der Waals surface area (Å²) >= 11 is 12.1. The molecule has 4 nitrogen and oxygen atoms in total. The Balaban J connectivity index is 2.44. The second kappa shape index (κ2) is 8.61. The number of carbonyl (C=O) groups excluding carboxylic acids is 1. The van der Waals surface area contributed by atoms with Crippen molar-refractivity contribution < 1.29 is 9.53 Å². The van der Waals surface area contributed by atoms with E-state index >= 15 is 0 Å². The van der Waals surface area contributed by atoms with Crippen molar-refractivity contribution in [1.29, 1.82) is 0 Å². The monoisotopic (exact) mass is 346 g/mol. The fraction of sp³-hybridized carbons (Fsp3) is 0.562. The molecule has 0 heterocycles. The molecule has 0 aliphatic heterocycles. The first kappa shape index (κ1) is 19.1. The summed E-state index contributed by atoms with van der Waals surface area (Å²) < 4.78 is 5.25. The lowest BCUT2D eigenvalue weighted by Gasteiger charge is -2.23. The van der Waals surface area contributed by atoms with Crippen molar-refractivity contribution in [2.45, 2.75) is 52.3 Å². The minimum Gasteiger partial charge on any atom is -0.444 e. The van der Waals surface area contributed by atoms with E-state index in [1.807, 2.05) is 39.8 Å². The molecule has 0 saturated heterocycles. The van der Waals surface area contributed by atoms with Crippen LogP contribution in [-0.4, -0.2) is 24.3 Å². The van der Waals surface area contributed by atoms with E-state index in [1.54, 1.807) is 6.07 Å². The average Bonchev–Trinajstić information content (AvgIpc) is 2.40. The lowest BCUT2D eigenvalue weighted by molar-refractivity contribution is 0.0502. The maximum atomic E-state index is 11.8. The Labute approximate surface area is 142 Å². The van der Waals surface area contributed by atoms with Gasteiger partial charge in [0.25, 0.3) is 0 Å². The SMILES string of the molecule is CCC(CNCc1cccc(Cl)c1Cl)NC(=O)OC(C)(C)C. The van der Waals surface area contributed by atoms with Crippen LogP contribution in [0.25, 0.3) is 0 Å². The highest BCUT2D eigenvalue weighted by Crippen LogP contribution is 2.25. The van der Waals surface area contributed by atoms with Gasteiger partial charge in [-0.15, -0.1) is 0 Å². The molecule has 0 spiro atoms. The molecule has 22 heavy (non-hydrogen) atoms. The summed E-state index contributed by atoms with van der Waals surface area (Å²) in [7, 11) is 0. The molecule has 0 radical (unpaired) electrons. The quantitative estimate of drug-likeness (QED) is 0.803. The van der Waals surface area contributed by atoms with E-state index in [4.69, 9.17) is 27.9 Å². The Bertz CT molecular complexity index is 501. The van der Waals surface area contributed by atoms with Gasteiger partial charge in [-0.3, -0.25) is 0 Å². The highest BCUT2D eigenvalue weighted by atomic mass is 35.5. The van der Waals surface area contributed by atoms with Crippen LogP contribution in [0.15, 0.2) is 18.2 Å². The fourth-order valence-corrected chi connectivity index (χ4v) is 2.22. The molecule has 0 saturated carbocycles. The summed E-state index contributed by atoms with van der Waals surface area (Å²) in [6.07, 6.45) is 0.400. The third-order valence-electron chi connectivity index (χ3n) is 2.95. The molecule has 2 N–H and O–H groups in total. The molecule has 1 unspecified atom stereocenters. The number of hydrogen-bond donors (Lipinski definition) is 2. The molecule has 1 rings (SSSR count). The number of alkyl carbamates (subject to hydrolysis) is 1. The number of hydrogen-bond acceptors (Lipinski definition) is 3. The van der Waals surface area contributed by atoms with Gasteiger partial charge in [-0.1, -0.05) is 42.3 Å². The zero-order chi connectivity index (χ0) is 16.8. The summed E-state index contributed by atoms with van der Waals surface area (Å²) in [5, 5.41) is 7.23. The van der Waals surface area contributed by atoms with Gasteiger partial charge in [0.05, 0.1) is 10.0 Å². The van der Waals surface area contributed by atoms with Crippen LogP contribution in [0.1, 0.15) is 39.7 Å². The van der Waals surface area contributed by atoms with Crippen molar-refractivity contribution in [1.82, 2.24) is 10.6 Å². The van der Waals surface area contributed by atoms with Gasteiger partial charge in [0.15, 0.2) is 0 Å². The Morgan fingerprint density at radius 1 is 1.32 bits per heavy atom. The van der Waals surface area contributed by atoms with Gasteiger partial charge in [0.1, 0.15) is 5.60 Å². The number of nitrogens with one attached hydrogen (secondary N) is 2.